The van der Waals surface area contributed by atoms with E-state index < -0.39 is 0 Å². The number of ether oxygens (including phenoxy) is 1. The van der Waals surface area contributed by atoms with Gasteiger partial charge in [0.15, 0.2) is 0 Å². The molecule has 2 N–H and O–H groups in total. The van der Waals surface area contributed by atoms with Crippen LogP contribution in [0.5, 0.6) is 11.5 Å². The second kappa shape index (κ2) is 5.44. The summed E-state index contributed by atoms with van der Waals surface area (Å²) in [6, 6.07) is 11.9. The van der Waals surface area contributed by atoms with E-state index >= 15 is 0 Å². The van der Waals surface area contributed by atoms with Gasteiger partial charge in [0.05, 0.1) is 12.7 Å². The van der Waals surface area contributed by atoms with E-state index in [1.807, 2.05) is 6.92 Å². The second-order valence-electron chi connectivity index (χ2n) is 4.20. The van der Waals surface area contributed by atoms with Crippen LogP contribution in [-0.2, 0) is 0 Å². The first-order chi connectivity index (χ1) is 9.10. The smallest absolute Gasteiger partial charge is 0.259 e. The van der Waals surface area contributed by atoms with E-state index in [9.17, 15) is 9.90 Å². The lowest BCUT2D eigenvalue weighted by atomic mass is 10.1. The van der Waals surface area contributed by atoms with Gasteiger partial charge in [-0.25, -0.2) is 0 Å². The van der Waals surface area contributed by atoms with Crippen molar-refractivity contribution < 1.29 is 14.6 Å². The molecule has 0 bridgehead atoms. The zero-order valence-electron chi connectivity index (χ0n) is 10.8. The molecule has 0 radical (unpaired) electrons. The zero-order valence-corrected chi connectivity index (χ0v) is 10.8. The van der Waals surface area contributed by atoms with Gasteiger partial charge in [0.2, 0.25) is 0 Å². The van der Waals surface area contributed by atoms with Crippen molar-refractivity contribution in [2.45, 2.75) is 6.92 Å². The highest BCUT2D eigenvalue weighted by molar-refractivity contribution is 6.06. The minimum Gasteiger partial charge on any atom is -0.507 e. The Morgan fingerprint density at radius 1 is 1.16 bits per heavy atom. The number of nitrogens with one attached hydrogen (secondary N) is 1. The van der Waals surface area contributed by atoms with Crippen LogP contribution < -0.4 is 10.1 Å². The van der Waals surface area contributed by atoms with E-state index in [4.69, 9.17) is 4.74 Å². The third kappa shape index (κ3) is 3.04. The number of carbonyl (C=O) groups excluding carboxylic acids is 1. The maximum absolute atomic E-state index is 12.0. The summed E-state index contributed by atoms with van der Waals surface area (Å²) < 4.78 is 5.04. The standard InChI is InChI=1S/C15H15NO3/c1-10-3-8-13(14(17)9-10)15(18)16-11-4-6-12(19-2)7-5-11/h3-9,17H,1-2H3,(H,16,18). The Kier molecular flexibility index (Phi) is 3.71. The summed E-state index contributed by atoms with van der Waals surface area (Å²) in [4.78, 5) is 12.0. The normalized spacial score (nSPS) is 10.0. The van der Waals surface area contributed by atoms with Crippen LogP contribution in [0.25, 0.3) is 0 Å². The van der Waals surface area contributed by atoms with Gasteiger partial charge in [-0.3, -0.25) is 4.79 Å². The molecule has 2 aromatic rings. The Morgan fingerprint density at radius 3 is 2.42 bits per heavy atom. The van der Waals surface area contributed by atoms with Crippen molar-refractivity contribution in [2.75, 3.05) is 12.4 Å². The molecule has 0 aromatic heterocycles. The van der Waals surface area contributed by atoms with Crippen LogP contribution in [0.1, 0.15) is 15.9 Å². The van der Waals surface area contributed by atoms with Gasteiger partial charge >= 0.3 is 0 Å². The average molecular weight is 257 g/mol. The van der Waals surface area contributed by atoms with Gasteiger partial charge in [-0.05, 0) is 48.9 Å². The highest BCUT2D eigenvalue weighted by Gasteiger charge is 2.11. The summed E-state index contributed by atoms with van der Waals surface area (Å²) in [5.74, 6) is 0.352. The minimum absolute atomic E-state index is 0.0222. The second-order valence-corrected chi connectivity index (χ2v) is 4.20. The van der Waals surface area contributed by atoms with Crippen molar-refractivity contribution in [1.29, 1.82) is 0 Å². The number of amides is 1. The number of phenolic OH excluding ortho intramolecular Hbond substituents is 1. The van der Waals surface area contributed by atoms with Crippen molar-refractivity contribution >= 4 is 11.6 Å². The minimum atomic E-state index is -0.345. The van der Waals surface area contributed by atoms with Crippen molar-refractivity contribution in [1.82, 2.24) is 0 Å². The molecule has 0 fully saturated rings. The summed E-state index contributed by atoms with van der Waals surface area (Å²) in [6.07, 6.45) is 0. The topological polar surface area (TPSA) is 58.6 Å². The molecule has 0 aliphatic carbocycles. The first-order valence-electron chi connectivity index (χ1n) is 5.85. The fourth-order valence-electron chi connectivity index (χ4n) is 1.71. The molecular weight excluding hydrogens is 242 g/mol. The molecule has 0 aliphatic heterocycles. The Labute approximate surface area is 111 Å². The Morgan fingerprint density at radius 2 is 1.84 bits per heavy atom. The van der Waals surface area contributed by atoms with E-state index in [0.29, 0.717) is 5.69 Å². The van der Waals surface area contributed by atoms with E-state index in [2.05, 4.69) is 5.32 Å². The molecule has 0 unspecified atom stereocenters. The largest absolute Gasteiger partial charge is 0.507 e. The van der Waals surface area contributed by atoms with Crippen LogP contribution in [0.15, 0.2) is 42.5 Å². The van der Waals surface area contributed by atoms with Gasteiger partial charge in [-0.2, -0.15) is 0 Å². The van der Waals surface area contributed by atoms with Crippen molar-refractivity contribution in [2.24, 2.45) is 0 Å². The third-order valence-electron chi connectivity index (χ3n) is 2.75. The maximum Gasteiger partial charge on any atom is 0.259 e. The van der Waals surface area contributed by atoms with Crippen LogP contribution in [-0.4, -0.2) is 18.1 Å². The molecule has 2 rings (SSSR count). The number of methoxy groups -OCH3 is 1. The third-order valence-corrected chi connectivity index (χ3v) is 2.75. The summed E-state index contributed by atoms with van der Waals surface area (Å²) in [5.41, 5.74) is 1.80. The first-order valence-corrected chi connectivity index (χ1v) is 5.85. The van der Waals surface area contributed by atoms with Crippen LogP contribution in [0.2, 0.25) is 0 Å². The van der Waals surface area contributed by atoms with Crippen LogP contribution in [0.3, 0.4) is 0 Å². The average Bonchev–Trinajstić information content (AvgIpc) is 2.39. The van der Waals surface area contributed by atoms with Gasteiger partial charge in [-0.15, -0.1) is 0 Å². The number of carbonyl (C=O) groups is 1. The SMILES string of the molecule is COc1ccc(NC(=O)c2ccc(C)cc2O)cc1. The van der Waals surface area contributed by atoms with Crippen LogP contribution >= 0.6 is 0 Å². The molecule has 98 valence electrons. The number of hydrogen-bond acceptors (Lipinski definition) is 3. The molecule has 4 heteroatoms. The summed E-state index contributed by atoms with van der Waals surface area (Å²) in [6.45, 7) is 1.85. The number of benzene rings is 2. The molecule has 0 saturated heterocycles. The first kappa shape index (κ1) is 13.0. The molecule has 0 aliphatic rings. The lowest BCUT2D eigenvalue weighted by Crippen LogP contribution is -2.12. The van der Waals surface area contributed by atoms with Gasteiger partial charge in [0.25, 0.3) is 5.91 Å². The molecule has 0 heterocycles. The quantitative estimate of drug-likeness (QED) is 0.888. The molecule has 2 aromatic carbocycles. The summed E-state index contributed by atoms with van der Waals surface area (Å²) >= 11 is 0. The van der Waals surface area contributed by atoms with Gasteiger partial charge in [0, 0.05) is 5.69 Å². The number of aryl methyl sites for hydroxylation is 1. The fourth-order valence-corrected chi connectivity index (χ4v) is 1.71. The lowest BCUT2D eigenvalue weighted by molar-refractivity contribution is 0.102. The van der Waals surface area contributed by atoms with Crippen molar-refractivity contribution in [3.8, 4) is 11.5 Å². The predicted molar refractivity (Wildman–Crippen MR) is 73.8 cm³/mol. The molecule has 0 atom stereocenters. The van der Waals surface area contributed by atoms with E-state index in [1.54, 1.807) is 49.6 Å². The van der Waals surface area contributed by atoms with E-state index in [-0.39, 0.29) is 17.2 Å². The number of phenols is 1. The number of aromatic hydroxyl groups is 1. The van der Waals surface area contributed by atoms with Crippen LogP contribution in [0, 0.1) is 6.92 Å². The number of anilines is 1. The number of hydrogen-bond donors (Lipinski definition) is 2. The van der Waals surface area contributed by atoms with Gasteiger partial charge < -0.3 is 15.2 Å². The number of rotatable bonds is 3. The molecule has 0 saturated carbocycles. The molecule has 4 nitrogen and oxygen atoms in total. The lowest BCUT2D eigenvalue weighted by Gasteiger charge is -2.08. The maximum atomic E-state index is 12.0. The van der Waals surface area contributed by atoms with E-state index in [1.165, 1.54) is 0 Å². The highest BCUT2D eigenvalue weighted by Crippen LogP contribution is 2.21. The Bertz CT molecular complexity index is 591. The summed E-state index contributed by atoms with van der Waals surface area (Å²) in [7, 11) is 1.58. The van der Waals surface area contributed by atoms with Crippen molar-refractivity contribution in [3.63, 3.8) is 0 Å². The van der Waals surface area contributed by atoms with Gasteiger partial charge in [-0.1, -0.05) is 6.07 Å². The fraction of sp³-hybridized carbons (Fsp3) is 0.133. The molecule has 19 heavy (non-hydrogen) atoms. The van der Waals surface area contributed by atoms with Gasteiger partial charge in [0.1, 0.15) is 11.5 Å². The van der Waals surface area contributed by atoms with Crippen LogP contribution in [0.4, 0.5) is 5.69 Å². The Hall–Kier alpha value is -2.49. The molecular formula is C15H15NO3. The monoisotopic (exact) mass is 257 g/mol. The molecule has 1 amide bonds. The highest BCUT2D eigenvalue weighted by atomic mass is 16.5. The van der Waals surface area contributed by atoms with E-state index in [0.717, 1.165) is 11.3 Å². The van der Waals surface area contributed by atoms with Crippen molar-refractivity contribution in [3.05, 3.63) is 53.6 Å². The molecule has 0 spiro atoms. The predicted octanol–water partition coefficient (Wildman–Crippen LogP) is 2.96. The Balaban J connectivity index is 2.15. The zero-order chi connectivity index (χ0) is 13.8. The summed E-state index contributed by atoms with van der Waals surface area (Å²) in [5, 5.41) is 12.5.